The van der Waals surface area contributed by atoms with Crippen molar-refractivity contribution in [3.05, 3.63) is 71.3 Å². The van der Waals surface area contributed by atoms with E-state index in [1.54, 1.807) is 30.6 Å². The third kappa shape index (κ3) is 2.16. The van der Waals surface area contributed by atoms with Crippen LogP contribution in [0, 0.1) is 0 Å². The van der Waals surface area contributed by atoms with E-state index < -0.39 is 0 Å². The molecule has 0 bridgehead atoms. The summed E-state index contributed by atoms with van der Waals surface area (Å²) < 4.78 is 1.30. The number of nitrogen functional groups attached to an aromatic ring is 1. The van der Waals surface area contributed by atoms with Crippen molar-refractivity contribution >= 4 is 5.69 Å². The lowest BCUT2D eigenvalue weighted by molar-refractivity contribution is 0.814. The van der Waals surface area contributed by atoms with Gasteiger partial charge in [0.2, 0.25) is 0 Å². The number of rotatable bonds is 2. The second kappa shape index (κ2) is 4.97. The SMILES string of the molecule is Nc1ccccc1-n1nc(-c2cccnc2)ccc1=O. The Hall–Kier alpha value is -2.95. The first-order valence-electron chi connectivity index (χ1n) is 6.11. The fourth-order valence-corrected chi connectivity index (χ4v) is 1.93. The molecule has 0 aliphatic heterocycles. The number of nitrogens with zero attached hydrogens (tertiary/aromatic N) is 3. The van der Waals surface area contributed by atoms with Crippen LogP contribution in [0.1, 0.15) is 0 Å². The van der Waals surface area contributed by atoms with E-state index in [4.69, 9.17) is 5.73 Å². The summed E-state index contributed by atoms with van der Waals surface area (Å²) in [4.78, 5) is 16.0. The summed E-state index contributed by atoms with van der Waals surface area (Å²) in [5.41, 5.74) is 8.26. The maximum Gasteiger partial charge on any atom is 0.271 e. The molecular formula is C15H12N4O. The quantitative estimate of drug-likeness (QED) is 0.717. The highest BCUT2D eigenvalue weighted by atomic mass is 16.1. The number of aromatic nitrogens is 3. The van der Waals surface area contributed by atoms with E-state index in [0.717, 1.165) is 5.56 Å². The predicted octanol–water partition coefficient (Wildman–Crippen LogP) is 1.88. The highest BCUT2D eigenvalue weighted by molar-refractivity contribution is 5.59. The molecule has 3 rings (SSSR count). The van der Waals surface area contributed by atoms with E-state index in [-0.39, 0.29) is 5.56 Å². The van der Waals surface area contributed by atoms with E-state index >= 15 is 0 Å². The molecule has 0 aliphatic carbocycles. The van der Waals surface area contributed by atoms with Gasteiger partial charge in [0.1, 0.15) is 0 Å². The molecule has 0 spiro atoms. The van der Waals surface area contributed by atoms with Gasteiger partial charge in [-0.05, 0) is 30.3 Å². The summed E-state index contributed by atoms with van der Waals surface area (Å²) in [6, 6.07) is 14.0. The van der Waals surface area contributed by atoms with Crippen LogP contribution in [0.25, 0.3) is 16.9 Å². The smallest absolute Gasteiger partial charge is 0.271 e. The Morgan fingerprint density at radius 3 is 2.60 bits per heavy atom. The topological polar surface area (TPSA) is 73.8 Å². The van der Waals surface area contributed by atoms with Crippen LogP contribution < -0.4 is 11.3 Å². The molecule has 98 valence electrons. The van der Waals surface area contributed by atoms with Gasteiger partial charge >= 0.3 is 0 Å². The average molecular weight is 264 g/mol. The van der Waals surface area contributed by atoms with Gasteiger partial charge in [-0.1, -0.05) is 12.1 Å². The largest absolute Gasteiger partial charge is 0.397 e. The van der Waals surface area contributed by atoms with Crippen LogP contribution in [0.2, 0.25) is 0 Å². The molecule has 0 radical (unpaired) electrons. The van der Waals surface area contributed by atoms with E-state index in [1.165, 1.54) is 10.7 Å². The molecule has 0 unspecified atom stereocenters. The number of para-hydroxylation sites is 2. The molecule has 0 amide bonds. The Morgan fingerprint density at radius 2 is 1.85 bits per heavy atom. The standard InChI is InChI=1S/C15H12N4O/c16-12-5-1-2-6-14(12)19-15(20)8-7-13(18-19)11-4-3-9-17-10-11/h1-10H,16H2. The van der Waals surface area contributed by atoms with Gasteiger partial charge in [-0.15, -0.1) is 0 Å². The molecule has 1 aromatic carbocycles. The zero-order chi connectivity index (χ0) is 13.9. The molecule has 0 aliphatic rings. The van der Waals surface area contributed by atoms with Crippen LogP contribution in [0.3, 0.4) is 0 Å². The Labute approximate surface area is 115 Å². The predicted molar refractivity (Wildman–Crippen MR) is 77.5 cm³/mol. The Kier molecular flexibility index (Phi) is 3.01. The minimum Gasteiger partial charge on any atom is -0.397 e. The molecule has 3 aromatic rings. The Morgan fingerprint density at radius 1 is 1.00 bits per heavy atom. The molecule has 5 nitrogen and oxygen atoms in total. The van der Waals surface area contributed by atoms with Gasteiger partial charge in [0, 0.05) is 24.0 Å². The van der Waals surface area contributed by atoms with Crippen molar-refractivity contribution < 1.29 is 0 Å². The lowest BCUT2D eigenvalue weighted by atomic mass is 10.2. The zero-order valence-electron chi connectivity index (χ0n) is 10.6. The molecule has 0 saturated carbocycles. The lowest BCUT2D eigenvalue weighted by Gasteiger charge is -2.09. The molecule has 2 N–H and O–H groups in total. The number of benzene rings is 1. The third-order valence-electron chi connectivity index (χ3n) is 2.92. The van der Waals surface area contributed by atoms with Gasteiger partial charge < -0.3 is 5.73 Å². The summed E-state index contributed by atoms with van der Waals surface area (Å²) >= 11 is 0. The molecule has 2 heterocycles. The van der Waals surface area contributed by atoms with Gasteiger partial charge in [0.25, 0.3) is 5.56 Å². The molecule has 0 atom stereocenters. The minimum absolute atomic E-state index is 0.226. The van der Waals surface area contributed by atoms with Gasteiger partial charge in [0.15, 0.2) is 0 Å². The second-order valence-corrected chi connectivity index (χ2v) is 4.27. The van der Waals surface area contributed by atoms with Crippen LogP contribution in [-0.2, 0) is 0 Å². The summed E-state index contributed by atoms with van der Waals surface area (Å²) in [5.74, 6) is 0. The number of nitrogens with two attached hydrogens (primary N) is 1. The van der Waals surface area contributed by atoms with Crippen molar-refractivity contribution in [2.75, 3.05) is 5.73 Å². The molecular weight excluding hydrogens is 252 g/mol. The van der Waals surface area contributed by atoms with Crippen molar-refractivity contribution in [3.63, 3.8) is 0 Å². The van der Waals surface area contributed by atoms with Crippen molar-refractivity contribution in [3.8, 4) is 16.9 Å². The van der Waals surface area contributed by atoms with Gasteiger partial charge in [-0.2, -0.15) is 9.78 Å². The first-order chi connectivity index (χ1) is 9.75. The van der Waals surface area contributed by atoms with E-state index in [2.05, 4.69) is 10.1 Å². The molecule has 5 heteroatoms. The van der Waals surface area contributed by atoms with Crippen LogP contribution in [-0.4, -0.2) is 14.8 Å². The first kappa shape index (κ1) is 12.1. The maximum absolute atomic E-state index is 12.0. The number of anilines is 1. The van der Waals surface area contributed by atoms with Crippen LogP contribution in [0.15, 0.2) is 65.7 Å². The van der Waals surface area contributed by atoms with Crippen LogP contribution in [0.5, 0.6) is 0 Å². The fourth-order valence-electron chi connectivity index (χ4n) is 1.93. The molecule has 20 heavy (non-hydrogen) atoms. The summed E-state index contributed by atoms with van der Waals surface area (Å²) in [6.45, 7) is 0. The molecule has 2 aromatic heterocycles. The van der Waals surface area contributed by atoms with Crippen molar-refractivity contribution in [1.82, 2.24) is 14.8 Å². The number of hydrogen-bond acceptors (Lipinski definition) is 4. The van der Waals surface area contributed by atoms with Gasteiger partial charge in [-0.3, -0.25) is 9.78 Å². The summed E-state index contributed by atoms with van der Waals surface area (Å²) in [5, 5.41) is 4.36. The van der Waals surface area contributed by atoms with Crippen LogP contribution >= 0.6 is 0 Å². The summed E-state index contributed by atoms with van der Waals surface area (Å²) in [6.07, 6.45) is 3.39. The maximum atomic E-state index is 12.0. The highest BCUT2D eigenvalue weighted by Gasteiger charge is 2.07. The van der Waals surface area contributed by atoms with Crippen molar-refractivity contribution in [2.45, 2.75) is 0 Å². The lowest BCUT2D eigenvalue weighted by Crippen LogP contribution is -2.21. The Balaban J connectivity index is 2.18. The third-order valence-corrected chi connectivity index (χ3v) is 2.92. The number of hydrogen-bond donors (Lipinski definition) is 1. The highest BCUT2D eigenvalue weighted by Crippen LogP contribution is 2.17. The first-order valence-corrected chi connectivity index (χ1v) is 6.11. The van der Waals surface area contributed by atoms with Crippen LogP contribution in [0.4, 0.5) is 5.69 Å². The fraction of sp³-hybridized carbons (Fsp3) is 0. The summed E-state index contributed by atoms with van der Waals surface area (Å²) in [7, 11) is 0. The monoisotopic (exact) mass is 264 g/mol. The zero-order valence-corrected chi connectivity index (χ0v) is 10.6. The van der Waals surface area contributed by atoms with Gasteiger partial charge in [0.05, 0.1) is 17.1 Å². The van der Waals surface area contributed by atoms with Crippen molar-refractivity contribution in [2.24, 2.45) is 0 Å². The average Bonchev–Trinajstić information content (AvgIpc) is 2.49. The molecule has 0 fully saturated rings. The second-order valence-electron chi connectivity index (χ2n) is 4.27. The normalized spacial score (nSPS) is 10.4. The molecule has 0 saturated heterocycles. The van der Waals surface area contributed by atoms with Crippen molar-refractivity contribution in [1.29, 1.82) is 0 Å². The minimum atomic E-state index is -0.226. The van der Waals surface area contributed by atoms with Gasteiger partial charge in [-0.25, -0.2) is 0 Å². The Bertz CT molecular complexity index is 796. The number of pyridine rings is 1. The van der Waals surface area contributed by atoms with E-state index in [9.17, 15) is 4.79 Å². The van der Waals surface area contributed by atoms with E-state index in [0.29, 0.717) is 17.1 Å². The van der Waals surface area contributed by atoms with E-state index in [1.807, 2.05) is 24.3 Å².